The molecule has 30 heavy (non-hydrogen) atoms. The summed E-state index contributed by atoms with van der Waals surface area (Å²) in [5, 5.41) is 8.59. The lowest BCUT2D eigenvalue weighted by Gasteiger charge is -2.18. The fourth-order valence-corrected chi connectivity index (χ4v) is 5.29. The SMILES string of the molecule is CCN(CC)S(=O)(=O)c1cccc(-c2nnc(SCc3cc(C)ccc3OC)o2)c1. The number of rotatable bonds is 9. The average molecular weight is 448 g/mol. The van der Waals surface area contributed by atoms with Gasteiger partial charge in [0.25, 0.3) is 5.22 Å². The Kier molecular flexibility index (Phi) is 7.17. The smallest absolute Gasteiger partial charge is 0.277 e. The molecule has 7 nitrogen and oxygen atoms in total. The lowest BCUT2D eigenvalue weighted by Crippen LogP contribution is -2.30. The summed E-state index contributed by atoms with van der Waals surface area (Å²) in [6, 6.07) is 12.6. The highest BCUT2D eigenvalue weighted by Gasteiger charge is 2.22. The summed E-state index contributed by atoms with van der Waals surface area (Å²) < 4.78 is 38.1. The van der Waals surface area contributed by atoms with Gasteiger partial charge in [-0.3, -0.25) is 0 Å². The second-order valence-corrected chi connectivity index (χ2v) is 9.46. The van der Waals surface area contributed by atoms with Gasteiger partial charge in [-0.05, 0) is 31.2 Å². The Morgan fingerprint density at radius 1 is 1.10 bits per heavy atom. The minimum Gasteiger partial charge on any atom is -0.496 e. The molecule has 1 aromatic heterocycles. The first-order chi connectivity index (χ1) is 14.4. The van der Waals surface area contributed by atoms with Crippen LogP contribution < -0.4 is 4.74 Å². The molecule has 0 saturated carbocycles. The maximum absolute atomic E-state index is 12.8. The maximum Gasteiger partial charge on any atom is 0.277 e. The number of nitrogens with zero attached hydrogens (tertiary/aromatic N) is 3. The van der Waals surface area contributed by atoms with Crippen LogP contribution in [-0.2, 0) is 15.8 Å². The van der Waals surface area contributed by atoms with Crippen LogP contribution in [0, 0.1) is 6.92 Å². The molecule has 0 aliphatic rings. The van der Waals surface area contributed by atoms with Gasteiger partial charge in [0.2, 0.25) is 15.9 Å². The third-order valence-electron chi connectivity index (χ3n) is 4.62. The van der Waals surface area contributed by atoms with Gasteiger partial charge in [0.1, 0.15) is 5.75 Å². The van der Waals surface area contributed by atoms with Crippen LogP contribution in [-0.4, -0.2) is 43.1 Å². The first-order valence-electron chi connectivity index (χ1n) is 9.59. The predicted molar refractivity (Wildman–Crippen MR) is 117 cm³/mol. The zero-order chi connectivity index (χ0) is 21.7. The number of aryl methyl sites for hydroxylation is 1. The molecule has 0 radical (unpaired) electrons. The lowest BCUT2D eigenvalue weighted by atomic mass is 10.1. The summed E-state index contributed by atoms with van der Waals surface area (Å²) >= 11 is 1.40. The molecule has 160 valence electrons. The monoisotopic (exact) mass is 447 g/mol. The number of sulfonamides is 1. The summed E-state index contributed by atoms with van der Waals surface area (Å²) in [4.78, 5) is 0.209. The quantitative estimate of drug-likeness (QED) is 0.450. The Bertz CT molecular complexity index is 1110. The summed E-state index contributed by atoms with van der Waals surface area (Å²) in [5.74, 6) is 1.70. The van der Waals surface area contributed by atoms with Crippen molar-refractivity contribution in [2.24, 2.45) is 0 Å². The van der Waals surface area contributed by atoms with Gasteiger partial charge in [-0.25, -0.2) is 8.42 Å². The molecule has 3 aromatic rings. The second-order valence-electron chi connectivity index (χ2n) is 6.59. The van der Waals surface area contributed by atoms with E-state index in [1.165, 1.54) is 16.1 Å². The molecule has 2 aromatic carbocycles. The molecule has 0 fully saturated rings. The molecule has 0 unspecified atom stereocenters. The van der Waals surface area contributed by atoms with Crippen LogP contribution in [0.3, 0.4) is 0 Å². The summed E-state index contributed by atoms with van der Waals surface area (Å²) in [5.41, 5.74) is 2.74. The molecule has 0 spiro atoms. The van der Waals surface area contributed by atoms with Crippen molar-refractivity contribution in [1.29, 1.82) is 0 Å². The standard InChI is InChI=1S/C21H25N3O4S2/c1-5-24(6-2)30(25,26)18-9-7-8-16(13-18)20-22-23-21(28-20)29-14-17-12-15(3)10-11-19(17)27-4/h7-13H,5-6,14H2,1-4H3. The zero-order valence-corrected chi connectivity index (χ0v) is 19.1. The van der Waals surface area contributed by atoms with Gasteiger partial charge < -0.3 is 9.15 Å². The van der Waals surface area contributed by atoms with E-state index < -0.39 is 10.0 Å². The van der Waals surface area contributed by atoms with Crippen LogP contribution in [0.4, 0.5) is 0 Å². The Morgan fingerprint density at radius 2 is 1.87 bits per heavy atom. The van der Waals surface area contributed by atoms with E-state index in [1.807, 2.05) is 32.9 Å². The molecule has 0 aliphatic carbocycles. The summed E-state index contributed by atoms with van der Waals surface area (Å²) in [6.45, 7) is 6.47. The van der Waals surface area contributed by atoms with E-state index >= 15 is 0 Å². The van der Waals surface area contributed by atoms with Gasteiger partial charge in [-0.1, -0.05) is 49.4 Å². The number of ether oxygens (including phenoxy) is 1. The van der Waals surface area contributed by atoms with Gasteiger partial charge in [0, 0.05) is 30.0 Å². The molecule has 1 heterocycles. The van der Waals surface area contributed by atoms with Crippen LogP contribution in [0.25, 0.3) is 11.5 Å². The zero-order valence-electron chi connectivity index (χ0n) is 17.5. The molecule has 0 saturated heterocycles. The van der Waals surface area contributed by atoms with Crippen molar-refractivity contribution in [2.75, 3.05) is 20.2 Å². The first kappa shape index (κ1) is 22.3. The Labute approximate surface area is 181 Å². The lowest BCUT2D eigenvalue weighted by molar-refractivity contribution is 0.411. The molecule has 0 amide bonds. The van der Waals surface area contributed by atoms with E-state index in [-0.39, 0.29) is 10.8 Å². The van der Waals surface area contributed by atoms with Gasteiger partial charge in [0.05, 0.1) is 12.0 Å². The number of thioether (sulfide) groups is 1. The van der Waals surface area contributed by atoms with Crippen molar-refractivity contribution in [3.05, 3.63) is 53.6 Å². The summed E-state index contributed by atoms with van der Waals surface area (Å²) in [7, 11) is -1.92. The third-order valence-corrected chi connectivity index (χ3v) is 7.53. The van der Waals surface area contributed by atoms with Crippen molar-refractivity contribution in [3.63, 3.8) is 0 Å². The second kappa shape index (κ2) is 9.63. The molecule has 0 bridgehead atoms. The highest BCUT2D eigenvalue weighted by molar-refractivity contribution is 7.98. The van der Waals surface area contributed by atoms with Crippen molar-refractivity contribution in [2.45, 2.75) is 36.6 Å². The highest BCUT2D eigenvalue weighted by atomic mass is 32.2. The van der Waals surface area contributed by atoms with Gasteiger partial charge in [-0.2, -0.15) is 4.31 Å². The summed E-state index contributed by atoms with van der Waals surface area (Å²) in [6.07, 6.45) is 0. The van der Waals surface area contributed by atoms with Crippen molar-refractivity contribution in [1.82, 2.24) is 14.5 Å². The van der Waals surface area contributed by atoms with E-state index in [2.05, 4.69) is 16.3 Å². The molecular formula is C21H25N3O4S2. The molecule has 0 atom stereocenters. The van der Waals surface area contributed by atoms with Crippen LogP contribution in [0.5, 0.6) is 5.75 Å². The highest BCUT2D eigenvalue weighted by Crippen LogP contribution is 2.30. The van der Waals surface area contributed by atoms with Crippen LogP contribution >= 0.6 is 11.8 Å². The largest absolute Gasteiger partial charge is 0.496 e. The third kappa shape index (κ3) is 4.85. The van der Waals surface area contributed by atoms with Crippen LogP contribution in [0.2, 0.25) is 0 Å². The van der Waals surface area contributed by atoms with E-state index in [0.717, 1.165) is 16.9 Å². The minimum atomic E-state index is -3.56. The number of aromatic nitrogens is 2. The van der Waals surface area contributed by atoms with E-state index in [4.69, 9.17) is 9.15 Å². The van der Waals surface area contributed by atoms with Crippen LogP contribution in [0.1, 0.15) is 25.0 Å². The topological polar surface area (TPSA) is 85.5 Å². The number of benzene rings is 2. The molecule has 9 heteroatoms. The normalized spacial score (nSPS) is 11.8. The number of hydrogen-bond acceptors (Lipinski definition) is 7. The van der Waals surface area contributed by atoms with Crippen molar-refractivity contribution in [3.8, 4) is 17.2 Å². The van der Waals surface area contributed by atoms with Gasteiger partial charge in [-0.15, -0.1) is 10.2 Å². The Balaban J connectivity index is 1.79. The van der Waals surface area contributed by atoms with E-state index in [9.17, 15) is 8.42 Å². The predicted octanol–water partition coefficient (Wildman–Crippen LogP) is 4.38. The molecule has 0 N–H and O–H groups in total. The first-order valence-corrected chi connectivity index (χ1v) is 12.0. The van der Waals surface area contributed by atoms with E-state index in [1.54, 1.807) is 31.4 Å². The van der Waals surface area contributed by atoms with Crippen molar-refractivity contribution < 1.29 is 17.6 Å². The fraction of sp³-hybridized carbons (Fsp3) is 0.333. The number of hydrogen-bond donors (Lipinski definition) is 0. The van der Waals surface area contributed by atoms with Gasteiger partial charge >= 0.3 is 0 Å². The molecular weight excluding hydrogens is 422 g/mol. The molecule has 3 rings (SSSR count). The number of methoxy groups -OCH3 is 1. The van der Waals surface area contributed by atoms with Crippen molar-refractivity contribution >= 4 is 21.8 Å². The fourth-order valence-electron chi connectivity index (χ4n) is 3.05. The Hall–Kier alpha value is -2.36. The Morgan fingerprint density at radius 3 is 2.57 bits per heavy atom. The molecule has 0 aliphatic heterocycles. The minimum absolute atomic E-state index is 0.209. The van der Waals surface area contributed by atoms with E-state index in [0.29, 0.717) is 29.6 Å². The average Bonchev–Trinajstić information content (AvgIpc) is 3.22. The van der Waals surface area contributed by atoms with Crippen LogP contribution in [0.15, 0.2) is 57.0 Å². The maximum atomic E-state index is 12.8. The van der Waals surface area contributed by atoms with Gasteiger partial charge in [0.15, 0.2) is 0 Å².